The fraction of sp³-hybridized carbons (Fsp3) is 0.625. The van der Waals surface area contributed by atoms with Crippen LogP contribution in [-0.2, 0) is 9.59 Å². The fourth-order valence-electron chi connectivity index (χ4n) is 3.66. The Morgan fingerprint density at radius 1 is 0.800 bits per heavy atom. The molecule has 1 amide bonds. The zero-order valence-corrected chi connectivity index (χ0v) is 18.8. The molecule has 0 spiro atoms. The number of carbonyl (C=O) groups excluding carboxylic acids is 3. The van der Waals surface area contributed by atoms with E-state index in [1.54, 1.807) is 29.2 Å². The number of nitrogens with zero attached hydrogens (tertiary/aromatic N) is 1. The third-order valence-corrected chi connectivity index (χ3v) is 5.79. The number of ether oxygens (including phenoxy) is 1. The molecule has 0 aromatic heterocycles. The van der Waals surface area contributed by atoms with Gasteiger partial charge in [0.2, 0.25) is 5.78 Å². The molecule has 0 radical (unpaired) electrons. The minimum absolute atomic E-state index is 0.257. The van der Waals surface area contributed by atoms with E-state index in [1.165, 1.54) is 32.1 Å². The Morgan fingerprint density at radius 3 is 1.97 bits per heavy atom. The van der Waals surface area contributed by atoms with Gasteiger partial charge in [-0.25, -0.2) is 0 Å². The summed E-state index contributed by atoms with van der Waals surface area (Å²) in [4.78, 5) is 38.3. The molecule has 1 saturated heterocycles. The number of hydrogen-bond acceptors (Lipinski definition) is 5. The highest BCUT2D eigenvalue weighted by atomic mass is 32.1. The molecule has 1 fully saturated rings. The van der Waals surface area contributed by atoms with E-state index in [-0.39, 0.29) is 5.97 Å². The molecule has 0 atom stereocenters. The Bertz CT molecular complexity index is 668. The van der Waals surface area contributed by atoms with Gasteiger partial charge in [-0.1, -0.05) is 38.5 Å². The molecule has 0 bridgehead atoms. The zero-order valence-electron chi connectivity index (χ0n) is 17.9. The molecule has 6 heteroatoms. The van der Waals surface area contributed by atoms with Gasteiger partial charge in [-0.2, -0.15) is 12.6 Å². The number of carbonyl (C=O) groups is 3. The molecule has 0 aliphatic carbocycles. The SMILES string of the molecule is O=C(CCCCCCCCCCS)Oc1ccc(C(=O)C(=O)N2CCCCC2)cc1. The molecule has 0 N–H and O–H groups in total. The number of thiol groups is 1. The first-order valence-electron chi connectivity index (χ1n) is 11.4. The fourth-order valence-corrected chi connectivity index (χ4v) is 3.89. The highest BCUT2D eigenvalue weighted by molar-refractivity contribution is 7.80. The standard InChI is InChI=1S/C24H35NO4S/c26-22(12-8-5-3-1-2-4-6-11-19-30)29-21-15-13-20(14-16-21)23(27)24(28)25-17-9-7-10-18-25/h13-16,30H,1-12,17-19H2. The first-order chi connectivity index (χ1) is 14.6. The van der Waals surface area contributed by atoms with Gasteiger partial charge in [-0.05, 0) is 62.1 Å². The maximum absolute atomic E-state index is 12.4. The third kappa shape index (κ3) is 8.90. The molecule has 166 valence electrons. The van der Waals surface area contributed by atoms with E-state index in [1.807, 2.05) is 0 Å². The molecular formula is C24H35NO4S. The van der Waals surface area contributed by atoms with Crippen LogP contribution in [0.5, 0.6) is 5.75 Å². The van der Waals surface area contributed by atoms with E-state index < -0.39 is 11.7 Å². The van der Waals surface area contributed by atoms with Crippen LogP contribution in [-0.4, -0.2) is 41.4 Å². The Morgan fingerprint density at radius 2 is 1.37 bits per heavy atom. The largest absolute Gasteiger partial charge is 0.427 e. The second-order valence-electron chi connectivity index (χ2n) is 7.98. The van der Waals surface area contributed by atoms with Crippen LogP contribution in [0, 0.1) is 0 Å². The molecule has 1 aromatic rings. The third-order valence-electron chi connectivity index (χ3n) is 5.47. The van der Waals surface area contributed by atoms with Gasteiger partial charge in [-0.15, -0.1) is 0 Å². The van der Waals surface area contributed by atoms with Crippen molar-refractivity contribution >= 4 is 30.3 Å². The van der Waals surface area contributed by atoms with E-state index in [4.69, 9.17) is 4.74 Å². The molecule has 1 aliphatic heterocycles. The zero-order chi connectivity index (χ0) is 21.6. The second-order valence-corrected chi connectivity index (χ2v) is 8.43. The van der Waals surface area contributed by atoms with Crippen LogP contribution in [0.15, 0.2) is 24.3 Å². The summed E-state index contributed by atoms with van der Waals surface area (Å²) in [6.45, 7) is 1.30. The van der Waals surface area contributed by atoms with Gasteiger partial charge < -0.3 is 9.64 Å². The van der Waals surface area contributed by atoms with E-state index in [0.717, 1.165) is 44.3 Å². The lowest BCUT2D eigenvalue weighted by molar-refractivity contribution is -0.134. The first kappa shape index (κ1) is 24.4. The first-order valence-corrected chi connectivity index (χ1v) is 12.0. The summed E-state index contributed by atoms with van der Waals surface area (Å²) in [6, 6.07) is 6.28. The van der Waals surface area contributed by atoms with Gasteiger partial charge >= 0.3 is 5.97 Å². The Labute approximate surface area is 186 Å². The number of Topliss-reactive ketones (excluding diaryl/α,β-unsaturated/α-hetero) is 1. The average Bonchev–Trinajstić information content (AvgIpc) is 2.78. The number of likely N-dealkylation sites (tertiary alicyclic amines) is 1. The highest BCUT2D eigenvalue weighted by Crippen LogP contribution is 2.17. The summed E-state index contributed by atoms with van der Waals surface area (Å²) >= 11 is 4.21. The summed E-state index contributed by atoms with van der Waals surface area (Å²) in [6.07, 6.45) is 12.6. The molecule has 5 nitrogen and oxygen atoms in total. The predicted octanol–water partition coefficient (Wildman–Crippen LogP) is 5.23. The Balaban J connectivity index is 1.64. The lowest BCUT2D eigenvalue weighted by Crippen LogP contribution is -2.40. The van der Waals surface area contributed by atoms with Crippen molar-refractivity contribution in [3.8, 4) is 5.75 Å². The average molecular weight is 434 g/mol. The van der Waals surface area contributed by atoms with Crippen LogP contribution >= 0.6 is 12.6 Å². The van der Waals surface area contributed by atoms with Crippen LogP contribution in [0.4, 0.5) is 0 Å². The van der Waals surface area contributed by atoms with Crippen molar-refractivity contribution in [2.24, 2.45) is 0 Å². The van der Waals surface area contributed by atoms with E-state index >= 15 is 0 Å². The molecule has 0 unspecified atom stereocenters. The van der Waals surface area contributed by atoms with E-state index in [2.05, 4.69) is 12.6 Å². The van der Waals surface area contributed by atoms with Crippen molar-refractivity contribution in [2.45, 2.75) is 77.0 Å². The van der Waals surface area contributed by atoms with Gasteiger partial charge in [0.25, 0.3) is 5.91 Å². The molecule has 30 heavy (non-hydrogen) atoms. The minimum Gasteiger partial charge on any atom is -0.427 e. The molecule has 2 rings (SSSR count). The summed E-state index contributed by atoms with van der Waals surface area (Å²) in [5, 5.41) is 0. The number of esters is 1. The van der Waals surface area contributed by atoms with Gasteiger partial charge in [0, 0.05) is 25.1 Å². The number of piperidine rings is 1. The second kappa shape index (κ2) is 14.2. The lowest BCUT2D eigenvalue weighted by atomic mass is 10.1. The molecule has 0 saturated carbocycles. The van der Waals surface area contributed by atoms with Gasteiger partial charge in [0.1, 0.15) is 5.75 Å². The number of unbranched alkanes of at least 4 members (excludes halogenated alkanes) is 7. The van der Waals surface area contributed by atoms with Crippen molar-refractivity contribution < 1.29 is 19.1 Å². The Kier molecular flexibility index (Phi) is 11.6. The van der Waals surface area contributed by atoms with Crippen LogP contribution in [0.1, 0.15) is 87.4 Å². The van der Waals surface area contributed by atoms with Crippen molar-refractivity contribution in [1.82, 2.24) is 4.90 Å². The summed E-state index contributed by atoms with van der Waals surface area (Å²) in [5.74, 6) is 0.178. The summed E-state index contributed by atoms with van der Waals surface area (Å²) in [5.41, 5.74) is 0.333. The molecule has 1 heterocycles. The quantitative estimate of drug-likeness (QED) is 0.116. The number of benzene rings is 1. The monoisotopic (exact) mass is 433 g/mol. The topological polar surface area (TPSA) is 63.7 Å². The number of ketones is 1. The Hall–Kier alpha value is -1.82. The van der Waals surface area contributed by atoms with Crippen molar-refractivity contribution in [1.29, 1.82) is 0 Å². The van der Waals surface area contributed by atoms with Gasteiger partial charge in [0.15, 0.2) is 0 Å². The number of rotatable bonds is 13. The van der Waals surface area contributed by atoms with E-state index in [9.17, 15) is 14.4 Å². The predicted molar refractivity (Wildman–Crippen MR) is 122 cm³/mol. The number of amides is 1. The van der Waals surface area contributed by atoms with Crippen LogP contribution < -0.4 is 4.74 Å². The minimum atomic E-state index is -0.500. The maximum Gasteiger partial charge on any atom is 0.311 e. The van der Waals surface area contributed by atoms with Gasteiger partial charge in [0.05, 0.1) is 0 Å². The normalized spacial score (nSPS) is 13.8. The number of hydrogen-bond donors (Lipinski definition) is 1. The smallest absolute Gasteiger partial charge is 0.311 e. The van der Waals surface area contributed by atoms with Crippen LogP contribution in [0.25, 0.3) is 0 Å². The molecule has 1 aromatic carbocycles. The highest BCUT2D eigenvalue weighted by Gasteiger charge is 2.24. The van der Waals surface area contributed by atoms with Crippen molar-refractivity contribution in [2.75, 3.05) is 18.8 Å². The summed E-state index contributed by atoms with van der Waals surface area (Å²) < 4.78 is 5.35. The lowest BCUT2D eigenvalue weighted by Gasteiger charge is -2.25. The molecule has 1 aliphatic rings. The van der Waals surface area contributed by atoms with Crippen LogP contribution in [0.2, 0.25) is 0 Å². The van der Waals surface area contributed by atoms with Crippen LogP contribution in [0.3, 0.4) is 0 Å². The summed E-state index contributed by atoms with van der Waals surface area (Å²) in [7, 11) is 0. The van der Waals surface area contributed by atoms with Gasteiger partial charge in [-0.3, -0.25) is 14.4 Å². The van der Waals surface area contributed by atoms with E-state index in [0.29, 0.717) is 30.8 Å². The van der Waals surface area contributed by atoms with Crippen molar-refractivity contribution in [3.05, 3.63) is 29.8 Å². The maximum atomic E-state index is 12.4. The van der Waals surface area contributed by atoms with Crippen molar-refractivity contribution in [3.63, 3.8) is 0 Å². The molecular weight excluding hydrogens is 398 g/mol.